The molecule has 2 aliphatic rings. The topological polar surface area (TPSA) is 41.1 Å². The van der Waals surface area contributed by atoms with Crippen molar-refractivity contribution in [1.82, 2.24) is 15.3 Å². The fourth-order valence-corrected chi connectivity index (χ4v) is 5.47. The molecule has 1 saturated carbocycles. The number of nitrogens with zero attached hydrogens (tertiary/aromatic N) is 3. The molecule has 0 spiro atoms. The molecule has 1 fully saturated rings. The Morgan fingerprint density at radius 3 is 2.65 bits per heavy atom. The van der Waals surface area contributed by atoms with E-state index < -0.39 is 0 Å². The number of allylic oxidation sites excluding steroid dienone is 2. The predicted molar refractivity (Wildman–Crippen MR) is 138 cm³/mol. The molecule has 0 unspecified atom stereocenters. The van der Waals surface area contributed by atoms with E-state index in [4.69, 9.17) is 0 Å². The van der Waals surface area contributed by atoms with E-state index in [0.29, 0.717) is 0 Å². The van der Waals surface area contributed by atoms with Gasteiger partial charge in [-0.1, -0.05) is 38.0 Å². The minimum absolute atomic E-state index is 0.823. The van der Waals surface area contributed by atoms with Gasteiger partial charge in [-0.25, -0.2) is 9.97 Å². The number of halogens is 1. The van der Waals surface area contributed by atoms with Crippen molar-refractivity contribution in [3.8, 4) is 0 Å². The molecule has 2 heterocycles. The van der Waals surface area contributed by atoms with E-state index in [-0.39, 0.29) is 0 Å². The van der Waals surface area contributed by atoms with E-state index in [2.05, 4.69) is 73.9 Å². The Bertz CT molecular complexity index is 987. The fraction of sp³-hybridized carbons (Fsp3) is 0.520. The molecule has 2 aromatic heterocycles. The van der Waals surface area contributed by atoms with Gasteiger partial charge in [0, 0.05) is 40.6 Å². The maximum absolute atomic E-state index is 4.46. The molecule has 4 rings (SSSR count). The molecule has 0 bridgehead atoms. The molecule has 0 amide bonds. The average Bonchev–Trinajstić information content (AvgIpc) is 3.01. The number of thiophene rings is 1. The van der Waals surface area contributed by atoms with Crippen molar-refractivity contribution in [2.24, 2.45) is 11.8 Å². The van der Waals surface area contributed by atoms with Crippen LogP contribution in [0.5, 0.6) is 0 Å². The molecule has 31 heavy (non-hydrogen) atoms. The summed E-state index contributed by atoms with van der Waals surface area (Å²) in [6.07, 6.45) is 15.0. The smallest absolute Gasteiger partial charge is 0.139 e. The van der Waals surface area contributed by atoms with Crippen molar-refractivity contribution in [2.45, 2.75) is 52.5 Å². The summed E-state index contributed by atoms with van der Waals surface area (Å²) < 4.78 is 1.21. The molecule has 4 nitrogen and oxygen atoms in total. The predicted octanol–water partition coefficient (Wildman–Crippen LogP) is 4.80. The summed E-state index contributed by atoms with van der Waals surface area (Å²) in [6.45, 7) is 6.54. The molecule has 1 N–H and O–H groups in total. The van der Waals surface area contributed by atoms with Gasteiger partial charge in [0.15, 0.2) is 0 Å². The third-order valence-corrected chi connectivity index (χ3v) is 7.52. The Hall–Kier alpha value is -1.50. The lowest BCUT2D eigenvalue weighted by molar-refractivity contribution is 0.281. The molecule has 0 atom stereocenters. The Kier molecular flexibility index (Phi) is 9.30. The quantitative estimate of drug-likeness (QED) is 0.637. The van der Waals surface area contributed by atoms with Gasteiger partial charge in [0.1, 0.15) is 11.6 Å². The number of nitrogens with one attached hydrogen (secondary N) is 1. The van der Waals surface area contributed by atoms with Crippen molar-refractivity contribution >= 4 is 45.2 Å². The van der Waals surface area contributed by atoms with Crippen LogP contribution in [0, 0.1) is 18.8 Å². The van der Waals surface area contributed by atoms with Crippen LogP contribution < -0.4 is 20.8 Å². The number of hydrogen-bond acceptors (Lipinski definition) is 5. The second-order valence-electron chi connectivity index (χ2n) is 8.81. The number of aromatic nitrogens is 2. The Labute approximate surface area is 199 Å². The highest BCUT2D eigenvalue weighted by Gasteiger charge is 2.17. The lowest BCUT2D eigenvalue weighted by Gasteiger charge is -2.26. The van der Waals surface area contributed by atoms with Gasteiger partial charge < -0.3 is 10.2 Å². The summed E-state index contributed by atoms with van der Waals surface area (Å²) in [7, 11) is 4.01. The minimum atomic E-state index is 0.823. The first-order valence-electron chi connectivity index (χ1n) is 11.2. The van der Waals surface area contributed by atoms with Crippen LogP contribution in [0.3, 0.4) is 0 Å². The van der Waals surface area contributed by atoms with Gasteiger partial charge in [-0.2, -0.15) is 0 Å². The highest BCUT2D eigenvalue weighted by molar-refractivity contribution is 9.10. The van der Waals surface area contributed by atoms with Gasteiger partial charge in [0.2, 0.25) is 0 Å². The number of hydrogen-bond donors (Lipinski definition) is 1. The van der Waals surface area contributed by atoms with Crippen LogP contribution in [0.4, 0.5) is 5.82 Å². The van der Waals surface area contributed by atoms with E-state index >= 15 is 0 Å². The zero-order chi connectivity index (χ0) is 22.2. The van der Waals surface area contributed by atoms with Crippen molar-refractivity contribution in [3.05, 3.63) is 49.3 Å². The van der Waals surface area contributed by atoms with Gasteiger partial charge in [-0.3, -0.25) is 0 Å². The van der Waals surface area contributed by atoms with E-state index in [1.807, 2.05) is 37.3 Å². The molecule has 0 aliphatic heterocycles. The van der Waals surface area contributed by atoms with E-state index in [9.17, 15) is 0 Å². The van der Waals surface area contributed by atoms with E-state index in [0.717, 1.165) is 47.0 Å². The molecule has 6 heteroatoms. The van der Waals surface area contributed by atoms with Crippen LogP contribution in [0.25, 0.3) is 12.2 Å². The largest absolute Gasteiger partial charge is 0.362 e. The van der Waals surface area contributed by atoms with E-state index in [1.165, 1.54) is 41.6 Å². The van der Waals surface area contributed by atoms with Gasteiger partial charge in [-0.05, 0) is 72.6 Å². The second kappa shape index (κ2) is 11.9. The third-order valence-electron chi connectivity index (χ3n) is 5.83. The molecule has 168 valence electrons. The lowest BCUT2D eigenvalue weighted by atomic mass is 9.83. The number of aryl methyl sites for hydroxylation is 1. The summed E-state index contributed by atoms with van der Waals surface area (Å²) in [4.78, 5) is 12.4. The van der Waals surface area contributed by atoms with Crippen molar-refractivity contribution in [2.75, 3.05) is 25.5 Å². The molecule has 0 aromatic carbocycles. The van der Waals surface area contributed by atoms with Gasteiger partial charge in [0.05, 0.1) is 5.35 Å². The van der Waals surface area contributed by atoms with Crippen molar-refractivity contribution in [3.63, 3.8) is 0 Å². The monoisotopic (exact) mass is 502 g/mol. The van der Waals surface area contributed by atoms with Gasteiger partial charge in [-0.15, -0.1) is 11.3 Å². The van der Waals surface area contributed by atoms with Crippen LogP contribution in [-0.2, 0) is 6.54 Å². The summed E-state index contributed by atoms with van der Waals surface area (Å²) in [5.74, 6) is 3.69. The molecule has 2 aliphatic carbocycles. The average molecular weight is 504 g/mol. The zero-order valence-corrected chi connectivity index (χ0v) is 21.6. The number of anilines is 1. The molecule has 0 saturated heterocycles. The highest BCUT2D eigenvalue weighted by atomic mass is 79.9. The Balaban J connectivity index is 0.000000176. The van der Waals surface area contributed by atoms with Crippen molar-refractivity contribution in [1.29, 1.82) is 0 Å². The van der Waals surface area contributed by atoms with Crippen molar-refractivity contribution < 1.29 is 0 Å². The van der Waals surface area contributed by atoms with Crippen LogP contribution in [-0.4, -0.2) is 30.6 Å². The summed E-state index contributed by atoms with van der Waals surface area (Å²) in [5, 5.41) is 7.89. The minimum Gasteiger partial charge on any atom is -0.362 e. The first kappa shape index (κ1) is 24.1. The van der Waals surface area contributed by atoms with Crippen LogP contribution in [0.15, 0.2) is 28.1 Å². The van der Waals surface area contributed by atoms with Crippen LogP contribution in [0.1, 0.15) is 49.7 Å². The highest BCUT2D eigenvalue weighted by Crippen LogP contribution is 2.27. The fourth-order valence-electron chi connectivity index (χ4n) is 4.05. The van der Waals surface area contributed by atoms with Crippen LogP contribution in [0.2, 0.25) is 0 Å². The molecular weight excluding hydrogens is 468 g/mol. The first-order chi connectivity index (χ1) is 14.9. The normalized spacial score (nSPS) is 19.9. The molecular formula is C25H35BrN4S. The molecule has 0 radical (unpaired) electrons. The number of rotatable bonds is 5. The summed E-state index contributed by atoms with van der Waals surface area (Å²) in [6, 6.07) is 2.21. The second-order valence-corrected chi connectivity index (χ2v) is 10.7. The molecule has 2 aromatic rings. The zero-order valence-electron chi connectivity index (χ0n) is 19.2. The van der Waals surface area contributed by atoms with Crippen LogP contribution >= 0.6 is 27.3 Å². The first-order valence-corrected chi connectivity index (χ1v) is 12.9. The number of fused-ring (bicyclic) bond motifs is 1. The maximum atomic E-state index is 4.46. The van der Waals surface area contributed by atoms with Gasteiger partial charge >= 0.3 is 0 Å². The summed E-state index contributed by atoms with van der Waals surface area (Å²) in [5.41, 5.74) is 0. The maximum Gasteiger partial charge on any atom is 0.139 e. The summed E-state index contributed by atoms with van der Waals surface area (Å²) >= 11 is 5.32. The Morgan fingerprint density at radius 2 is 1.97 bits per heavy atom. The third kappa shape index (κ3) is 7.55. The lowest BCUT2D eigenvalue weighted by Crippen LogP contribution is -2.35. The van der Waals surface area contributed by atoms with E-state index in [1.54, 1.807) is 0 Å². The van der Waals surface area contributed by atoms with Gasteiger partial charge in [0.25, 0.3) is 0 Å². The SMILES string of the molecule is CC1CCC(CNCc2cc(Br)cs2)CC1.Cc1nc(N(C)C)c2c(n1)=CCC=CC=2. The standard InChI is InChI=1S/C13H20BrNS.C12H15N3/c1-10-2-4-11(5-3-10)7-15-8-13-6-12(14)9-16-13;1-9-13-11-8-6-4-5-7-10(11)12(14-9)15(2)3/h6,9-11,15H,2-5,7-8H2,1H3;4-5,7-8H,6H2,1-3H3. The Morgan fingerprint density at radius 1 is 1.19 bits per heavy atom.